The van der Waals surface area contributed by atoms with Crippen molar-refractivity contribution in [3.63, 3.8) is 0 Å². The van der Waals surface area contributed by atoms with E-state index in [0.29, 0.717) is 11.6 Å². The van der Waals surface area contributed by atoms with Crippen LogP contribution in [0.3, 0.4) is 0 Å². The standard InChI is InChI=1S/C23H21FN2O3/c24-15-6-8-16(9-7-15)25-19(27)12-26-22(28)20-14-10-17(13-4-2-1-3-5-13)18(11-14)21(20)23(26)29/h1-9,14,17-18,20-21H,10-12H2,(H,25,27)/t14-,17+,18+,20+,21-/m0/s1. The second-order valence-corrected chi connectivity index (χ2v) is 8.28. The molecule has 2 aliphatic carbocycles. The van der Waals surface area contributed by atoms with E-state index < -0.39 is 11.7 Å². The van der Waals surface area contributed by atoms with Gasteiger partial charge in [0.05, 0.1) is 11.8 Å². The molecule has 148 valence electrons. The molecule has 1 saturated heterocycles. The second kappa shape index (κ2) is 6.79. The van der Waals surface area contributed by atoms with E-state index in [0.717, 1.165) is 17.7 Å². The number of halogens is 1. The molecule has 0 spiro atoms. The number of hydrogen-bond acceptors (Lipinski definition) is 3. The van der Waals surface area contributed by atoms with Crippen molar-refractivity contribution in [3.05, 3.63) is 66.0 Å². The minimum atomic E-state index is -0.453. The molecule has 5 rings (SSSR count). The molecule has 3 amide bonds. The average molecular weight is 392 g/mol. The summed E-state index contributed by atoms with van der Waals surface area (Å²) in [5, 5.41) is 2.62. The molecule has 6 heteroatoms. The lowest BCUT2D eigenvalue weighted by Crippen LogP contribution is -2.39. The number of nitrogens with one attached hydrogen (secondary N) is 1. The number of likely N-dealkylation sites (tertiary alicyclic amines) is 1. The van der Waals surface area contributed by atoms with Crippen LogP contribution >= 0.6 is 0 Å². The molecule has 2 aromatic rings. The van der Waals surface area contributed by atoms with Gasteiger partial charge >= 0.3 is 0 Å². The molecule has 3 fully saturated rings. The highest BCUT2D eigenvalue weighted by Crippen LogP contribution is 2.61. The Labute approximate surface area is 167 Å². The third-order valence-electron chi connectivity index (χ3n) is 6.76. The van der Waals surface area contributed by atoms with Gasteiger partial charge in [0.15, 0.2) is 0 Å². The first-order chi connectivity index (χ1) is 14.0. The van der Waals surface area contributed by atoms with Crippen LogP contribution in [-0.2, 0) is 14.4 Å². The van der Waals surface area contributed by atoms with Gasteiger partial charge < -0.3 is 5.32 Å². The van der Waals surface area contributed by atoms with Crippen molar-refractivity contribution in [2.24, 2.45) is 23.7 Å². The third-order valence-corrected chi connectivity index (χ3v) is 6.76. The molecule has 0 unspecified atom stereocenters. The van der Waals surface area contributed by atoms with Crippen LogP contribution in [0.2, 0.25) is 0 Å². The number of hydrogen-bond donors (Lipinski definition) is 1. The average Bonchev–Trinajstić information content (AvgIpc) is 3.38. The maximum atomic E-state index is 13.1. The van der Waals surface area contributed by atoms with Crippen molar-refractivity contribution in [1.29, 1.82) is 0 Å². The molecule has 1 heterocycles. The Morgan fingerprint density at radius 3 is 2.38 bits per heavy atom. The van der Waals surface area contributed by atoms with Gasteiger partial charge in [0, 0.05) is 5.69 Å². The summed E-state index contributed by atoms with van der Waals surface area (Å²) < 4.78 is 13.0. The highest BCUT2D eigenvalue weighted by molar-refractivity contribution is 6.09. The largest absolute Gasteiger partial charge is 0.325 e. The number of rotatable bonds is 4. The maximum absolute atomic E-state index is 13.1. The van der Waals surface area contributed by atoms with E-state index in [1.807, 2.05) is 18.2 Å². The summed E-state index contributed by atoms with van der Waals surface area (Å²) in [5.74, 6) is -1.22. The van der Waals surface area contributed by atoms with Gasteiger partial charge in [-0.05, 0) is 60.4 Å². The zero-order valence-corrected chi connectivity index (χ0v) is 15.8. The van der Waals surface area contributed by atoms with E-state index in [1.165, 1.54) is 29.8 Å². The van der Waals surface area contributed by atoms with Gasteiger partial charge in [-0.15, -0.1) is 0 Å². The SMILES string of the molecule is O=C(CN1C(=O)[C@@H]2[C@@H]3C[C@@H]([C@@H]2C1=O)[C@@H](c1ccccc1)C3)Nc1ccc(F)cc1. The lowest BCUT2D eigenvalue weighted by Gasteiger charge is -2.28. The second-order valence-electron chi connectivity index (χ2n) is 8.28. The van der Waals surface area contributed by atoms with Crippen molar-refractivity contribution in [3.8, 4) is 0 Å². The van der Waals surface area contributed by atoms with Crippen LogP contribution in [-0.4, -0.2) is 29.2 Å². The quantitative estimate of drug-likeness (QED) is 0.813. The van der Waals surface area contributed by atoms with Crippen molar-refractivity contribution in [2.75, 3.05) is 11.9 Å². The number of carbonyl (C=O) groups excluding carboxylic acids is 3. The van der Waals surface area contributed by atoms with Crippen LogP contribution in [0, 0.1) is 29.5 Å². The molecule has 5 atom stereocenters. The Kier molecular flexibility index (Phi) is 4.23. The lowest BCUT2D eigenvalue weighted by molar-refractivity contribution is -0.143. The molecule has 29 heavy (non-hydrogen) atoms. The summed E-state index contributed by atoms with van der Waals surface area (Å²) in [6, 6.07) is 15.6. The fraction of sp³-hybridized carbons (Fsp3) is 0.348. The fourth-order valence-corrected chi connectivity index (χ4v) is 5.64. The summed E-state index contributed by atoms with van der Waals surface area (Å²) in [4.78, 5) is 39.5. The van der Waals surface area contributed by atoms with Gasteiger partial charge in [-0.25, -0.2) is 4.39 Å². The molecule has 2 bridgehead atoms. The Morgan fingerprint density at radius 1 is 0.966 bits per heavy atom. The topological polar surface area (TPSA) is 66.5 Å². The summed E-state index contributed by atoms with van der Waals surface area (Å²) in [6.07, 6.45) is 1.83. The van der Waals surface area contributed by atoms with Crippen molar-refractivity contribution in [1.82, 2.24) is 4.90 Å². The highest BCUT2D eigenvalue weighted by Gasteiger charge is 2.63. The van der Waals surface area contributed by atoms with E-state index in [4.69, 9.17) is 0 Å². The molecule has 1 N–H and O–H groups in total. The van der Waals surface area contributed by atoms with E-state index in [2.05, 4.69) is 17.4 Å². The van der Waals surface area contributed by atoms with Crippen LogP contribution in [0.4, 0.5) is 10.1 Å². The van der Waals surface area contributed by atoms with Crippen LogP contribution in [0.1, 0.15) is 24.3 Å². The first-order valence-corrected chi connectivity index (χ1v) is 9.98. The predicted octanol–water partition coefficient (Wildman–Crippen LogP) is 3.19. The minimum Gasteiger partial charge on any atom is -0.325 e. The maximum Gasteiger partial charge on any atom is 0.244 e. The van der Waals surface area contributed by atoms with Gasteiger partial charge in [0.1, 0.15) is 12.4 Å². The van der Waals surface area contributed by atoms with Gasteiger partial charge in [-0.1, -0.05) is 30.3 Å². The zero-order valence-electron chi connectivity index (χ0n) is 15.8. The molecule has 1 aliphatic heterocycles. The Balaban J connectivity index is 1.31. The van der Waals surface area contributed by atoms with Gasteiger partial charge in [0.2, 0.25) is 17.7 Å². The number of amides is 3. The molecule has 2 aromatic carbocycles. The van der Waals surface area contributed by atoms with E-state index in [-0.39, 0.29) is 42.0 Å². The fourth-order valence-electron chi connectivity index (χ4n) is 5.64. The first kappa shape index (κ1) is 18.0. The molecule has 2 saturated carbocycles. The Morgan fingerprint density at radius 2 is 1.66 bits per heavy atom. The molecule has 5 nitrogen and oxygen atoms in total. The van der Waals surface area contributed by atoms with E-state index in [1.54, 1.807) is 0 Å². The van der Waals surface area contributed by atoms with E-state index >= 15 is 0 Å². The highest BCUT2D eigenvalue weighted by atomic mass is 19.1. The van der Waals surface area contributed by atoms with Crippen molar-refractivity contribution < 1.29 is 18.8 Å². The van der Waals surface area contributed by atoms with Gasteiger partial charge in [-0.3, -0.25) is 19.3 Å². The Bertz CT molecular complexity index is 975. The minimum absolute atomic E-state index is 0.161. The molecule has 3 aliphatic rings. The van der Waals surface area contributed by atoms with Crippen molar-refractivity contribution >= 4 is 23.4 Å². The monoisotopic (exact) mass is 392 g/mol. The Hall–Kier alpha value is -3.02. The van der Waals surface area contributed by atoms with Crippen LogP contribution in [0.15, 0.2) is 54.6 Å². The first-order valence-electron chi connectivity index (χ1n) is 9.98. The number of carbonyl (C=O) groups is 3. The van der Waals surface area contributed by atoms with Crippen LogP contribution in [0.25, 0.3) is 0 Å². The van der Waals surface area contributed by atoms with E-state index in [9.17, 15) is 18.8 Å². The lowest BCUT2D eigenvalue weighted by atomic mass is 9.73. The molecule has 0 radical (unpaired) electrons. The molecular weight excluding hydrogens is 371 g/mol. The zero-order chi connectivity index (χ0) is 20.1. The predicted molar refractivity (Wildman–Crippen MR) is 104 cm³/mol. The summed E-state index contributed by atoms with van der Waals surface area (Å²) in [7, 11) is 0. The molecule has 0 aromatic heterocycles. The third kappa shape index (κ3) is 2.94. The van der Waals surface area contributed by atoms with Crippen LogP contribution in [0.5, 0.6) is 0 Å². The molecular formula is C23H21FN2O3. The van der Waals surface area contributed by atoms with Gasteiger partial charge in [0.25, 0.3) is 0 Å². The van der Waals surface area contributed by atoms with Gasteiger partial charge in [-0.2, -0.15) is 0 Å². The smallest absolute Gasteiger partial charge is 0.244 e. The summed E-state index contributed by atoms with van der Waals surface area (Å²) >= 11 is 0. The number of nitrogens with zero attached hydrogens (tertiary/aromatic N) is 1. The summed E-state index contributed by atoms with van der Waals surface area (Å²) in [5.41, 5.74) is 1.66. The number of anilines is 1. The van der Waals surface area contributed by atoms with Crippen LogP contribution < -0.4 is 5.32 Å². The number of imide groups is 1. The normalized spacial score (nSPS) is 30.0. The number of benzene rings is 2. The number of fused-ring (bicyclic) bond motifs is 5. The van der Waals surface area contributed by atoms with Crippen molar-refractivity contribution in [2.45, 2.75) is 18.8 Å². The summed E-state index contributed by atoms with van der Waals surface area (Å²) in [6.45, 7) is -0.294.